The molecule has 4 heteroatoms. The van der Waals surface area contributed by atoms with Crippen molar-refractivity contribution in [2.24, 2.45) is 11.8 Å². The first-order valence-corrected chi connectivity index (χ1v) is 7.93. The molecule has 21 heavy (non-hydrogen) atoms. The summed E-state index contributed by atoms with van der Waals surface area (Å²) < 4.78 is 5.81. The van der Waals surface area contributed by atoms with Gasteiger partial charge in [-0.05, 0) is 43.2 Å². The number of para-hydroxylation sites is 2. The van der Waals surface area contributed by atoms with Crippen LogP contribution in [0.2, 0.25) is 0 Å². The maximum absolute atomic E-state index is 12.4. The fourth-order valence-corrected chi connectivity index (χ4v) is 3.23. The van der Waals surface area contributed by atoms with Gasteiger partial charge in [0.1, 0.15) is 5.75 Å². The van der Waals surface area contributed by atoms with Gasteiger partial charge in [-0.1, -0.05) is 26.0 Å². The van der Waals surface area contributed by atoms with Crippen LogP contribution in [0, 0.1) is 11.8 Å². The Bertz CT molecular complexity index is 517. The van der Waals surface area contributed by atoms with Gasteiger partial charge >= 0.3 is 0 Å². The Morgan fingerprint density at radius 2 is 2.05 bits per heavy atom. The van der Waals surface area contributed by atoms with Gasteiger partial charge in [-0.2, -0.15) is 0 Å². The van der Waals surface area contributed by atoms with E-state index in [1.54, 1.807) is 0 Å². The molecule has 3 rings (SSSR count). The number of carbonyl (C=O) groups excluding carboxylic acids is 1. The fourth-order valence-electron chi connectivity index (χ4n) is 3.23. The van der Waals surface area contributed by atoms with Crippen LogP contribution in [0.5, 0.6) is 5.75 Å². The minimum Gasteiger partial charge on any atom is -0.477 e. The summed E-state index contributed by atoms with van der Waals surface area (Å²) in [5.74, 6) is 2.20. The van der Waals surface area contributed by atoms with Gasteiger partial charge in [0, 0.05) is 6.04 Å². The monoisotopic (exact) mass is 288 g/mol. The molecule has 4 unspecified atom stereocenters. The number of hydrogen-bond acceptors (Lipinski definition) is 3. The summed E-state index contributed by atoms with van der Waals surface area (Å²) in [6.07, 6.45) is 2.91. The second kappa shape index (κ2) is 5.96. The third kappa shape index (κ3) is 3.14. The highest BCUT2D eigenvalue weighted by molar-refractivity contribution is 5.83. The van der Waals surface area contributed by atoms with E-state index in [4.69, 9.17) is 4.74 Å². The molecule has 4 atom stereocenters. The van der Waals surface area contributed by atoms with Crippen molar-refractivity contribution < 1.29 is 9.53 Å². The molecule has 0 saturated heterocycles. The molecular formula is C17H24N2O2. The Morgan fingerprint density at radius 1 is 1.24 bits per heavy atom. The van der Waals surface area contributed by atoms with Gasteiger partial charge in [0.2, 0.25) is 0 Å². The van der Waals surface area contributed by atoms with Crippen molar-refractivity contribution in [2.45, 2.75) is 45.3 Å². The molecule has 2 aliphatic rings. The van der Waals surface area contributed by atoms with Crippen molar-refractivity contribution in [1.29, 1.82) is 0 Å². The Kier molecular flexibility index (Phi) is 4.04. The molecule has 4 nitrogen and oxygen atoms in total. The van der Waals surface area contributed by atoms with E-state index in [1.165, 1.54) is 6.42 Å². The average molecular weight is 288 g/mol. The number of fused-ring (bicyclic) bond motifs is 1. The first-order chi connectivity index (χ1) is 10.1. The number of anilines is 1. The molecule has 1 fully saturated rings. The van der Waals surface area contributed by atoms with Gasteiger partial charge in [0.15, 0.2) is 6.10 Å². The summed E-state index contributed by atoms with van der Waals surface area (Å²) >= 11 is 0. The molecule has 114 valence electrons. The van der Waals surface area contributed by atoms with Gasteiger partial charge in [-0.25, -0.2) is 0 Å². The zero-order valence-corrected chi connectivity index (χ0v) is 12.8. The Hall–Kier alpha value is -1.71. The highest BCUT2D eigenvalue weighted by atomic mass is 16.5. The van der Waals surface area contributed by atoms with Crippen molar-refractivity contribution in [1.82, 2.24) is 5.32 Å². The molecule has 1 amide bonds. The number of ether oxygens (including phenoxy) is 1. The van der Waals surface area contributed by atoms with Crippen molar-refractivity contribution in [3.8, 4) is 5.75 Å². The molecular weight excluding hydrogens is 264 g/mol. The molecule has 0 bridgehead atoms. The maximum Gasteiger partial charge on any atom is 0.263 e. The van der Waals surface area contributed by atoms with Crippen LogP contribution in [-0.2, 0) is 4.79 Å². The zero-order valence-electron chi connectivity index (χ0n) is 12.8. The van der Waals surface area contributed by atoms with Crippen molar-refractivity contribution in [3.63, 3.8) is 0 Å². The normalized spacial score (nSPS) is 31.5. The van der Waals surface area contributed by atoms with E-state index in [0.29, 0.717) is 18.5 Å². The predicted octanol–water partition coefficient (Wildman–Crippen LogP) is 2.80. The van der Waals surface area contributed by atoms with Crippen LogP contribution in [0.15, 0.2) is 24.3 Å². The standard InChI is InChI=1S/C17H24N2O2/c1-11-7-8-13(9-12(11)2)19-17(20)16-10-18-14-5-3-4-6-15(14)21-16/h3-6,11-13,16,18H,7-10H2,1-2H3,(H,19,20). The number of hydrogen-bond donors (Lipinski definition) is 2. The number of amides is 1. The van der Waals surface area contributed by atoms with E-state index < -0.39 is 6.10 Å². The fraction of sp³-hybridized carbons (Fsp3) is 0.588. The SMILES string of the molecule is CC1CCC(NC(=O)C2CNc3ccccc3O2)CC1C. The zero-order chi connectivity index (χ0) is 14.8. The first-order valence-electron chi connectivity index (χ1n) is 7.93. The Morgan fingerprint density at radius 3 is 2.86 bits per heavy atom. The molecule has 1 saturated carbocycles. The smallest absolute Gasteiger partial charge is 0.263 e. The lowest BCUT2D eigenvalue weighted by Crippen LogP contribution is -2.49. The molecule has 0 aromatic heterocycles. The minimum absolute atomic E-state index is 0.00348. The Labute approximate surface area is 126 Å². The third-order valence-corrected chi connectivity index (χ3v) is 4.87. The van der Waals surface area contributed by atoms with Crippen molar-refractivity contribution in [3.05, 3.63) is 24.3 Å². The number of rotatable bonds is 2. The number of carbonyl (C=O) groups is 1. The van der Waals surface area contributed by atoms with Crippen LogP contribution < -0.4 is 15.4 Å². The second-order valence-electron chi connectivity index (χ2n) is 6.46. The lowest BCUT2D eigenvalue weighted by Gasteiger charge is -2.34. The summed E-state index contributed by atoms with van der Waals surface area (Å²) in [4.78, 5) is 12.4. The number of nitrogens with one attached hydrogen (secondary N) is 2. The van der Waals surface area contributed by atoms with Crippen LogP contribution in [-0.4, -0.2) is 24.6 Å². The first kappa shape index (κ1) is 14.2. The average Bonchev–Trinajstić information content (AvgIpc) is 2.50. The van der Waals surface area contributed by atoms with E-state index in [2.05, 4.69) is 24.5 Å². The van der Waals surface area contributed by atoms with Crippen LogP contribution in [0.4, 0.5) is 5.69 Å². The largest absolute Gasteiger partial charge is 0.477 e. The van der Waals surface area contributed by atoms with Crippen LogP contribution >= 0.6 is 0 Å². The molecule has 2 N–H and O–H groups in total. The molecule has 1 aromatic carbocycles. The van der Waals surface area contributed by atoms with Crippen molar-refractivity contribution in [2.75, 3.05) is 11.9 Å². The third-order valence-electron chi connectivity index (χ3n) is 4.87. The molecule has 0 spiro atoms. The molecule has 1 aliphatic carbocycles. The number of benzene rings is 1. The van der Waals surface area contributed by atoms with Crippen LogP contribution in [0.1, 0.15) is 33.1 Å². The van der Waals surface area contributed by atoms with E-state index in [0.717, 1.165) is 30.2 Å². The summed E-state index contributed by atoms with van der Waals surface area (Å²) in [6, 6.07) is 8.04. The molecule has 1 aromatic rings. The van der Waals surface area contributed by atoms with Crippen molar-refractivity contribution >= 4 is 11.6 Å². The lowest BCUT2D eigenvalue weighted by molar-refractivity contribution is -0.128. The molecule has 1 aliphatic heterocycles. The summed E-state index contributed by atoms with van der Waals surface area (Å²) in [6.45, 7) is 5.10. The van der Waals surface area contributed by atoms with E-state index in [-0.39, 0.29) is 5.91 Å². The van der Waals surface area contributed by atoms with Crippen LogP contribution in [0.3, 0.4) is 0 Å². The summed E-state index contributed by atoms with van der Waals surface area (Å²) in [7, 11) is 0. The predicted molar refractivity (Wildman–Crippen MR) is 83.5 cm³/mol. The van der Waals surface area contributed by atoms with Gasteiger partial charge in [0.05, 0.1) is 12.2 Å². The van der Waals surface area contributed by atoms with Gasteiger partial charge in [0.25, 0.3) is 5.91 Å². The highest BCUT2D eigenvalue weighted by Crippen LogP contribution is 2.30. The molecule has 1 heterocycles. The minimum atomic E-state index is -0.436. The second-order valence-corrected chi connectivity index (χ2v) is 6.46. The van der Waals surface area contributed by atoms with Gasteiger partial charge in [-0.15, -0.1) is 0 Å². The lowest BCUT2D eigenvalue weighted by atomic mass is 9.79. The van der Waals surface area contributed by atoms with E-state index in [1.807, 2.05) is 24.3 Å². The van der Waals surface area contributed by atoms with Gasteiger partial charge < -0.3 is 15.4 Å². The maximum atomic E-state index is 12.4. The Balaban J connectivity index is 1.57. The quantitative estimate of drug-likeness (QED) is 0.880. The van der Waals surface area contributed by atoms with E-state index >= 15 is 0 Å². The van der Waals surface area contributed by atoms with Crippen LogP contribution in [0.25, 0.3) is 0 Å². The molecule has 0 radical (unpaired) electrons. The topological polar surface area (TPSA) is 50.4 Å². The summed E-state index contributed by atoms with van der Waals surface area (Å²) in [5, 5.41) is 6.43. The van der Waals surface area contributed by atoms with E-state index in [9.17, 15) is 4.79 Å². The highest BCUT2D eigenvalue weighted by Gasteiger charge is 2.30. The summed E-state index contributed by atoms with van der Waals surface area (Å²) in [5.41, 5.74) is 0.960. The van der Waals surface area contributed by atoms with Gasteiger partial charge in [-0.3, -0.25) is 4.79 Å².